The van der Waals surface area contributed by atoms with E-state index in [2.05, 4.69) is 37.4 Å². The van der Waals surface area contributed by atoms with E-state index in [1.165, 1.54) is 12.8 Å². The molecule has 2 aliphatic rings. The van der Waals surface area contributed by atoms with E-state index in [1.54, 1.807) is 7.11 Å². The number of methoxy groups -OCH3 is 1. The van der Waals surface area contributed by atoms with Crippen molar-refractivity contribution in [3.63, 3.8) is 0 Å². The van der Waals surface area contributed by atoms with Gasteiger partial charge in [-0.25, -0.2) is 0 Å². The molecule has 0 saturated carbocycles. The molecule has 2 aliphatic heterocycles. The van der Waals surface area contributed by atoms with Crippen LogP contribution in [0, 0.1) is 5.92 Å². The van der Waals surface area contributed by atoms with Crippen molar-refractivity contribution in [3.8, 4) is 6.01 Å². The van der Waals surface area contributed by atoms with Crippen LogP contribution in [0.4, 0.5) is 11.9 Å². The molecule has 0 spiro atoms. The van der Waals surface area contributed by atoms with Crippen molar-refractivity contribution >= 4 is 17.8 Å². The van der Waals surface area contributed by atoms with E-state index in [4.69, 9.17) is 4.74 Å². The summed E-state index contributed by atoms with van der Waals surface area (Å²) in [5.41, 5.74) is 0. The number of hydrogen-bond acceptors (Lipinski definition) is 7. The topological polar surface area (TPSA) is 92.3 Å². The number of nitrogens with zero attached hydrogens (tertiary/aromatic N) is 4. The molecule has 2 fully saturated rings. The largest absolute Gasteiger partial charge is 0.467 e. The van der Waals surface area contributed by atoms with Crippen molar-refractivity contribution in [3.05, 3.63) is 0 Å². The highest BCUT2D eigenvalue weighted by Gasteiger charge is 2.30. The molecule has 0 aromatic carbocycles. The second-order valence-corrected chi connectivity index (χ2v) is 6.53. The highest BCUT2D eigenvalue weighted by atomic mass is 16.5. The molecule has 0 aliphatic carbocycles. The van der Waals surface area contributed by atoms with Gasteiger partial charge in [-0.3, -0.25) is 4.79 Å². The summed E-state index contributed by atoms with van der Waals surface area (Å²) < 4.78 is 5.23. The number of rotatable bonds is 4. The maximum Gasteiger partial charge on any atom is 0.322 e. The Balaban J connectivity index is 1.81. The van der Waals surface area contributed by atoms with Crippen LogP contribution < -0.4 is 20.3 Å². The summed E-state index contributed by atoms with van der Waals surface area (Å²) in [6.07, 6.45) is 5.69. The number of ether oxygens (including phenoxy) is 1. The molecule has 3 heterocycles. The molecule has 132 valence electrons. The number of amides is 1. The lowest BCUT2D eigenvalue weighted by molar-refractivity contribution is -0.124. The van der Waals surface area contributed by atoms with Gasteiger partial charge in [0.15, 0.2) is 0 Å². The SMILES string of the molecule is COc1nc(N[C@H]2C(=O)NCC[C@@H]2C)nc(N2CCCCCC2)n1. The van der Waals surface area contributed by atoms with Crippen molar-refractivity contribution in [1.29, 1.82) is 0 Å². The summed E-state index contributed by atoms with van der Waals surface area (Å²) in [5.74, 6) is 1.23. The Labute approximate surface area is 142 Å². The highest BCUT2D eigenvalue weighted by molar-refractivity contribution is 5.85. The third-order valence-corrected chi connectivity index (χ3v) is 4.71. The lowest BCUT2D eigenvalue weighted by Gasteiger charge is -2.29. The maximum absolute atomic E-state index is 12.1. The van der Waals surface area contributed by atoms with Crippen LogP contribution in [0.15, 0.2) is 0 Å². The summed E-state index contributed by atoms with van der Waals surface area (Å²) in [6.45, 7) is 4.65. The summed E-state index contributed by atoms with van der Waals surface area (Å²) in [4.78, 5) is 27.5. The van der Waals surface area contributed by atoms with Crippen molar-refractivity contribution < 1.29 is 9.53 Å². The van der Waals surface area contributed by atoms with Crippen molar-refractivity contribution in [2.24, 2.45) is 5.92 Å². The molecule has 24 heavy (non-hydrogen) atoms. The number of aromatic nitrogens is 3. The van der Waals surface area contributed by atoms with Gasteiger partial charge in [0.25, 0.3) is 0 Å². The predicted molar refractivity (Wildman–Crippen MR) is 91.3 cm³/mol. The number of piperidine rings is 1. The van der Waals surface area contributed by atoms with Crippen molar-refractivity contribution in [1.82, 2.24) is 20.3 Å². The Morgan fingerprint density at radius 3 is 2.58 bits per heavy atom. The van der Waals surface area contributed by atoms with Gasteiger partial charge < -0.3 is 20.3 Å². The molecule has 2 saturated heterocycles. The van der Waals surface area contributed by atoms with Gasteiger partial charge in [0, 0.05) is 19.6 Å². The smallest absolute Gasteiger partial charge is 0.322 e. The van der Waals surface area contributed by atoms with Gasteiger partial charge in [-0.15, -0.1) is 0 Å². The summed E-state index contributed by atoms with van der Waals surface area (Å²) >= 11 is 0. The van der Waals surface area contributed by atoms with Gasteiger partial charge >= 0.3 is 6.01 Å². The second kappa shape index (κ2) is 7.63. The minimum atomic E-state index is -0.331. The zero-order chi connectivity index (χ0) is 16.9. The number of anilines is 2. The Hall–Kier alpha value is -2.12. The van der Waals surface area contributed by atoms with Crippen LogP contribution in [0.2, 0.25) is 0 Å². The quantitative estimate of drug-likeness (QED) is 0.854. The molecule has 1 aromatic heterocycles. The van der Waals surface area contributed by atoms with Gasteiger partial charge in [0.2, 0.25) is 17.8 Å². The molecule has 2 N–H and O–H groups in total. The van der Waals surface area contributed by atoms with Crippen LogP contribution >= 0.6 is 0 Å². The molecule has 8 nitrogen and oxygen atoms in total. The number of nitrogens with one attached hydrogen (secondary N) is 2. The molecule has 3 rings (SSSR count). The molecule has 2 atom stereocenters. The van der Waals surface area contributed by atoms with Crippen molar-refractivity contribution in [2.45, 2.75) is 45.1 Å². The molecule has 8 heteroatoms. The first-order chi connectivity index (χ1) is 11.7. The van der Waals surface area contributed by atoms with Gasteiger partial charge in [0.1, 0.15) is 6.04 Å². The number of hydrogen-bond donors (Lipinski definition) is 2. The van der Waals surface area contributed by atoms with Crippen LogP contribution in [-0.2, 0) is 4.79 Å². The Morgan fingerprint density at radius 1 is 1.17 bits per heavy atom. The van der Waals surface area contributed by atoms with Gasteiger partial charge in [-0.2, -0.15) is 15.0 Å². The zero-order valence-corrected chi connectivity index (χ0v) is 14.4. The fourth-order valence-corrected chi connectivity index (χ4v) is 3.22. The van der Waals surface area contributed by atoms with Crippen LogP contribution in [0.3, 0.4) is 0 Å². The van der Waals surface area contributed by atoms with Crippen LogP contribution in [-0.4, -0.2) is 53.6 Å². The fraction of sp³-hybridized carbons (Fsp3) is 0.750. The summed E-state index contributed by atoms with van der Waals surface area (Å²) in [5, 5.41) is 6.05. The molecule has 0 radical (unpaired) electrons. The highest BCUT2D eigenvalue weighted by Crippen LogP contribution is 2.21. The molecule has 1 amide bonds. The average Bonchev–Trinajstić information content (AvgIpc) is 2.87. The first-order valence-electron chi connectivity index (χ1n) is 8.76. The fourth-order valence-electron chi connectivity index (χ4n) is 3.22. The van der Waals surface area contributed by atoms with Gasteiger partial charge in [0.05, 0.1) is 7.11 Å². The lowest BCUT2D eigenvalue weighted by atomic mass is 9.94. The van der Waals surface area contributed by atoms with E-state index in [-0.39, 0.29) is 23.9 Å². The van der Waals surface area contributed by atoms with E-state index in [1.807, 2.05) is 0 Å². The molecular weight excluding hydrogens is 308 g/mol. The Morgan fingerprint density at radius 2 is 1.92 bits per heavy atom. The summed E-state index contributed by atoms with van der Waals surface area (Å²) in [6, 6.07) is -0.0570. The predicted octanol–water partition coefficient (Wildman–Crippen LogP) is 1.20. The Kier molecular flexibility index (Phi) is 5.32. The first kappa shape index (κ1) is 16.7. The van der Waals surface area contributed by atoms with E-state index in [0.29, 0.717) is 11.9 Å². The minimum absolute atomic E-state index is 0.00977. The van der Waals surface area contributed by atoms with E-state index in [0.717, 1.165) is 38.9 Å². The first-order valence-corrected chi connectivity index (χ1v) is 8.76. The maximum atomic E-state index is 12.1. The van der Waals surface area contributed by atoms with Crippen molar-refractivity contribution in [2.75, 3.05) is 37.0 Å². The Bertz CT molecular complexity index is 574. The molecular formula is C16H26N6O2. The van der Waals surface area contributed by atoms with E-state index in [9.17, 15) is 4.79 Å². The zero-order valence-electron chi connectivity index (χ0n) is 14.4. The monoisotopic (exact) mass is 334 g/mol. The average molecular weight is 334 g/mol. The molecule has 0 unspecified atom stereocenters. The standard InChI is InChI=1S/C16H26N6O2/c1-11-7-8-17-13(23)12(11)18-14-19-15(21-16(20-14)24-2)22-9-5-3-4-6-10-22/h11-12H,3-10H2,1-2H3,(H,17,23)(H,18,19,20,21)/t11-,12+/m0/s1. The van der Waals surface area contributed by atoms with Crippen LogP contribution in [0.1, 0.15) is 39.0 Å². The third kappa shape index (κ3) is 3.85. The number of carbonyl (C=O) groups excluding carboxylic acids is 1. The van der Waals surface area contributed by atoms with E-state index >= 15 is 0 Å². The van der Waals surface area contributed by atoms with Gasteiger partial charge in [-0.05, 0) is 25.2 Å². The van der Waals surface area contributed by atoms with Crippen LogP contribution in [0.5, 0.6) is 6.01 Å². The lowest BCUT2D eigenvalue weighted by Crippen LogP contribution is -2.49. The normalized spacial score (nSPS) is 24.9. The summed E-state index contributed by atoms with van der Waals surface area (Å²) in [7, 11) is 1.54. The second-order valence-electron chi connectivity index (χ2n) is 6.53. The van der Waals surface area contributed by atoms with Crippen LogP contribution in [0.25, 0.3) is 0 Å². The van der Waals surface area contributed by atoms with E-state index < -0.39 is 0 Å². The molecule has 0 bridgehead atoms. The minimum Gasteiger partial charge on any atom is -0.467 e. The number of carbonyl (C=O) groups is 1. The molecule has 1 aromatic rings. The van der Waals surface area contributed by atoms with Gasteiger partial charge in [-0.1, -0.05) is 19.8 Å². The third-order valence-electron chi connectivity index (χ3n) is 4.71.